The normalized spacial score (nSPS) is 21.2. The van der Waals surface area contributed by atoms with E-state index in [9.17, 15) is 18.0 Å². The minimum Gasteiger partial charge on any atom is -0.300 e. The SMILES string of the molecule is Cc1ccc(N2C(=O)CCCC2C(F)(F)F)cc1. The molecule has 0 bridgehead atoms. The standard InChI is InChI=1S/C13H14F3NO/c1-9-5-7-10(8-6-9)17-11(13(14,15)16)3-2-4-12(17)18/h5-8,11H,2-4H2,1H3. The molecule has 1 aromatic rings. The summed E-state index contributed by atoms with van der Waals surface area (Å²) >= 11 is 0. The van der Waals surface area contributed by atoms with Gasteiger partial charge in [-0.15, -0.1) is 0 Å². The number of nitrogens with zero attached hydrogens (tertiary/aromatic N) is 1. The highest BCUT2D eigenvalue weighted by atomic mass is 19.4. The Morgan fingerprint density at radius 1 is 1.22 bits per heavy atom. The number of benzene rings is 1. The Hall–Kier alpha value is -1.52. The Kier molecular flexibility index (Phi) is 3.32. The lowest BCUT2D eigenvalue weighted by Gasteiger charge is -2.36. The molecule has 5 heteroatoms. The number of amides is 1. The number of alkyl halides is 3. The highest BCUT2D eigenvalue weighted by molar-refractivity contribution is 5.94. The van der Waals surface area contributed by atoms with Gasteiger partial charge in [-0.05, 0) is 31.9 Å². The van der Waals surface area contributed by atoms with E-state index < -0.39 is 18.1 Å². The fraction of sp³-hybridized carbons (Fsp3) is 0.462. The third-order valence-corrected chi connectivity index (χ3v) is 3.14. The van der Waals surface area contributed by atoms with Gasteiger partial charge in [0.15, 0.2) is 0 Å². The van der Waals surface area contributed by atoms with Gasteiger partial charge >= 0.3 is 6.18 Å². The van der Waals surface area contributed by atoms with Crippen LogP contribution >= 0.6 is 0 Å². The zero-order chi connectivity index (χ0) is 13.3. The maximum Gasteiger partial charge on any atom is 0.409 e. The molecule has 0 spiro atoms. The second kappa shape index (κ2) is 4.63. The molecule has 1 aliphatic rings. The maximum atomic E-state index is 12.9. The summed E-state index contributed by atoms with van der Waals surface area (Å²) in [5.74, 6) is -0.451. The number of rotatable bonds is 1. The highest BCUT2D eigenvalue weighted by Crippen LogP contribution is 2.35. The van der Waals surface area contributed by atoms with Crippen molar-refractivity contribution in [3.8, 4) is 0 Å². The van der Waals surface area contributed by atoms with Gasteiger partial charge in [0.05, 0.1) is 0 Å². The van der Waals surface area contributed by atoms with Crippen LogP contribution in [0.5, 0.6) is 0 Å². The number of piperidine rings is 1. The highest BCUT2D eigenvalue weighted by Gasteiger charge is 2.47. The van der Waals surface area contributed by atoms with E-state index in [0.717, 1.165) is 10.5 Å². The van der Waals surface area contributed by atoms with Crippen molar-refractivity contribution in [2.45, 2.75) is 38.4 Å². The molecule has 18 heavy (non-hydrogen) atoms. The van der Waals surface area contributed by atoms with Crippen molar-refractivity contribution < 1.29 is 18.0 Å². The van der Waals surface area contributed by atoms with Crippen molar-refractivity contribution in [2.75, 3.05) is 4.90 Å². The third-order valence-electron chi connectivity index (χ3n) is 3.14. The predicted molar refractivity (Wildman–Crippen MR) is 62.4 cm³/mol. The van der Waals surface area contributed by atoms with Gasteiger partial charge in [-0.2, -0.15) is 13.2 Å². The summed E-state index contributed by atoms with van der Waals surface area (Å²) in [5.41, 5.74) is 1.28. The molecule has 0 radical (unpaired) electrons. The molecule has 2 nitrogen and oxygen atoms in total. The van der Waals surface area contributed by atoms with Gasteiger partial charge in [0.2, 0.25) is 5.91 Å². The van der Waals surface area contributed by atoms with Crippen molar-refractivity contribution in [2.24, 2.45) is 0 Å². The second-order valence-corrected chi connectivity index (χ2v) is 4.55. The van der Waals surface area contributed by atoms with E-state index in [1.165, 1.54) is 0 Å². The number of carbonyl (C=O) groups excluding carboxylic acids is 1. The monoisotopic (exact) mass is 257 g/mol. The summed E-state index contributed by atoms with van der Waals surface area (Å²) in [6.07, 6.45) is -3.92. The number of hydrogen-bond acceptors (Lipinski definition) is 1. The molecule has 1 heterocycles. The fourth-order valence-corrected chi connectivity index (χ4v) is 2.21. The zero-order valence-corrected chi connectivity index (χ0v) is 10.00. The molecule has 1 aliphatic heterocycles. The Balaban J connectivity index is 2.36. The largest absolute Gasteiger partial charge is 0.409 e. The maximum absolute atomic E-state index is 12.9. The molecule has 0 aliphatic carbocycles. The van der Waals surface area contributed by atoms with Gasteiger partial charge in [0, 0.05) is 12.1 Å². The molecule has 1 fully saturated rings. The number of aryl methyl sites for hydroxylation is 1. The van der Waals surface area contributed by atoms with Crippen molar-refractivity contribution in [3.05, 3.63) is 29.8 Å². The number of anilines is 1. The molecule has 2 rings (SSSR count). The summed E-state index contributed by atoms with van der Waals surface area (Å²) in [6.45, 7) is 1.85. The Bertz CT molecular complexity index is 439. The van der Waals surface area contributed by atoms with Crippen LogP contribution in [0.2, 0.25) is 0 Å². The Morgan fingerprint density at radius 3 is 2.39 bits per heavy atom. The zero-order valence-electron chi connectivity index (χ0n) is 10.00. The van der Waals surface area contributed by atoms with Gasteiger partial charge < -0.3 is 4.90 Å². The summed E-state index contributed by atoms with van der Waals surface area (Å²) in [7, 11) is 0. The molecule has 1 unspecified atom stereocenters. The topological polar surface area (TPSA) is 20.3 Å². The van der Waals surface area contributed by atoms with E-state index in [4.69, 9.17) is 0 Å². The molecule has 0 aromatic heterocycles. The summed E-state index contributed by atoms with van der Waals surface area (Å²) in [4.78, 5) is 12.7. The molecule has 1 atom stereocenters. The average Bonchev–Trinajstić information content (AvgIpc) is 2.29. The molecule has 1 amide bonds. The van der Waals surface area contributed by atoms with E-state index in [2.05, 4.69) is 0 Å². The smallest absolute Gasteiger partial charge is 0.300 e. The van der Waals surface area contributed by atoms with E-state index in [1.54, 1.807) is 24.3 Å². The molecular weight excluding hydrogens is 243 g/mol. The number of hydrogen-bond donors (Lipinski definition) is 0. The average molecular weight is 257 g/mol. The summed E-state index contributed by atoms with van der Waals surface area (Å²) < 4.78 is 38.8. The molecular formula is C13H14F3NO. The first-order valence-electron chi connectivity index (χ1n) is 5.85. The Labute approximate surface area is 103 Å². The summed E-state index contributed by atoms with van der Waals surface area (Å²) in [6, 6.07) is 4.87. The number of halogens is 3. The van der Waals surface area contributed by atoms with Crippen molar-refractivity contribution in [3.63, 3.8) is 0 Å². The predicted octanol–water partition coefficient (Wildman–Crippen LogP) is 3.44. The van der Waals surface area contributed by atoms with Crippen molar-refractivity contribution in [1.29, 1.82) is 0 Å². The molecule has 0 N–H and O–H groups in total. The van der Waals surface area contributed by atoms with Crippen LogP contribution < -0.4 is 4.90 Å². The first kappa shape index (κ1) is 12.9. The van der Waals surface area contributed by atoms with Gasteiger partial charge in [-0.3, -0.25) is 4.79 Å². The lowest BCUT2D eigenvalue weighted by Crippen LogP contribution is -2.51. The van der Waals surface area contributed by atoms with E-state index in [0.29, 0.717) is 12.1 Å². The molecule has 1 aromatic carbocycles. The molecule has 1 saturated heterocycles. The van der Waals surface area contributed by atoms with Gasteiger partial charge in [0.25, 0.3) is 0 Å². The fourth-order valence-electron chi connectivity index (χ4n) is 2.21. The lowest BCUT2D eigenvalue weighted by molar-refractivity contribution is -0.158. The minimum absolute atomic E-state index is 0.0247. The van der Waals surface area contributed by atoms with Crippen LogP contribution in [0.25, 0.3) is 0 Å². The first-order chi connectivity index (χ1) is 8.39. The van der Waals surface area contributed by atoms with E-state index in [1.807, 2.05) is 6.92 Å². The van der Waals surface area contributed by atoms with Crippen LogP contribution in [-0.2, 0) is 4.79 Å². The van der Waals surface area contributed by atoms with Crippen molar-refractivity contribution >= 4 is 11.6 Å². The second-order valence-electron chi connectivity index (χ2n) is 4.55. The van der Waals surface area contributed by atoms with E-state index >= 15 is 0 Å². The quantitative estimate of drug-likeness (QED) is 0.754. The van der Waals surface area contributed by atoms with E-state index in [-0.39, 0.29) is 12.8 Å². The van der Waals surface area contributed by atoms with Gasteiger partial charge in [-0.1, -0.05) is 17.7 Å². The first-order valence-corrected chi connectivity index (χ1v) is 5.85. The van der Waals surface area contributed by atoms with Crippen LogP contribution in [0.4, 0.5) is 18.9 Å². The van der Waals surface area contributed by atoms with Crippen LogP contribution in [0.1, 0.15) is 24.8 Å². The lowest BCUT2D eigenvalue weighted by atomic mass is 10.00. The molecule has 0 saturated carbocycles. The van der Waals surface area contributed by atoms with Gasteiger partial charge in [0.1, 0.15) is 6.04 Å². The van der Waals surface area contributed by atoms with Crippen molar-refractivity contribution in [1.82, 2.24) is 0 Å². The van der Waals surface area contributed by atoms with Crippen LogP contribution in [0, 0.1) is 6.92 Å². The van der Waals surface area contributed by atoms with Crippen LogP contribution in [-0.4, -0.2) is 18.1 Å². The summed E-state index contributed by atoms with van der Waals surface area (Å²) in [5, 5.41) is 0. The molecule has 98 valence electrons. The Morgan fingerprint density at radius 2 is 1.83 bits per heavy atom. The minimum atomic E-state index is -4.37. The van der Waals surface area contributed by atoms with Crippen LogP contribution in [0.15, 0.2) is 24.3 Å². The number of carbonyl (C=O) groups is 1. The third kappa shape index (κ3) is 2.49. The van der Waals surface area contributed by atoms with Gasteiger partial charge in [-0.25, -0.2) is 0 Å². The van der Waals surface area contributed by atoms with Crippen LogP contribution in [0.3, 0.4) is 0 Å².